The van der Waals surface area contributed by atoms with Crippen molar-refractivity contribution in [2.24, 2.45) is 5.92 Å². The SMILES string of the molecule is CC(C)=CCC/C(C)=C/CN1C(=O)[C@]2(O[C@H](CC(=O)N3CCC[C@H]3CO)[C@@H]([Si](C)(C)O)[C@@H]2C)c2cc(N3CCCC3=O)ccc21. The number of anilines is 2. The Morgan fingerprint density at radius 2 is 1.89 bits per heavy atom. The Kier molecular flexibility index (Phi) is 9.80. The lowest BCUT2D eigenvalue weighted by Crippen LogP contribution is -2.46. The number of ether oxygens (including phenoxy) is 1. The van der Waals surface area contributed by atoms with Crippen LogP contribution in [0.3, 0.4) is 0 Å². The maximum absolute atomic E-state index is 14.8. The van der Waals surface area contributed by atoms with E-state index in [9.17, 15) is 24.3 Å². The van der Waals surface area contributed by atoms with Crippen LogP contribution >= 0.6 is 0 Å². The number of carbonyl (C=O) groups is 3. The van der Waals surface area contributed by atoms with E-state index >= 15 is 0 Å². The molecule has 0 unspecified atom stereocenters. The highest BCUT2D eigenvalue weighted by Crippen LogP contribution is 2.60. The molecule has 0 aromatic heterocycles. The second kappa shape index (κ2) is 13.1. The van der Waals surface area contributed by atoms with Crippen molar-refractivity contribution in [2.45, 2.75) is 109 Å². The van der Waals surface area contributed by atoms with Crippen LogP contribution in [0, 0.1) is 5.92 Å². The van der Waals surface area contributed by atoms with Gasteiger partial charge in [-0.05, 0) is 84.2 Å². The van der Waals surface area contributed by atoms with Crippen molar-refractivity contribution in [2.75, 3.05) is 36.0 Å². The molecule has 3 amide bonds. The van der Waals surface area contributed by atoms with Crippen molar-refractivity contribution in [3.63, 3.8) is 0 Å². The van der Waals surface area contributed by atoms with Gasteiger partial charge in [0, 0.05) is 48.8 Å². The molecule has 5 rings (SSSR count). The molecule has 10 heteroatoms. The normalized spacial score (nSPS) is 28.5. The van der Waals surface area contributed by atoms with Crippen LogP contribution in [0.25, 0.3) is 0 Å². The summed E-state index contributed by atoms with van der Waals surface area (Å²) in [5.41, 5.74) is 2.90. The van der Waals surface area contributed by atoms with Crippen LogP contribution in [0.1, 0.15) is 78.2 Å². The van der Waals surface area contributed by atoms with Gasteiger partial charge in [-0.25, -0.2) is 0 Å². The highest BCUT2D eigenvalue weighted by Gasteiger charge is 2.66. The van der Waals surface area contributed by atoms with E-state index < -0.39 is 25.9 Å². The summed E-state index contributed by atoms with van der Waals surface area (Å²) in [6.07, 6.45) is 8.42. The van der Waals surface area contributed by atoms with Gasteiger partial charge in [-0.3, -0.25) is 14.4 Å². The number of nitrogens with zero attached hydrogens (tertiary/aromatic N) is 3. The first-order chi connectivity index (χ1) is 21.3. The summed E-state index contributed by atoms with van der Waals surface area (Å²) in [5.74, 6) is -0.638. The third kappa shape index (κ3) is 6.31. The fraction of sp³-hybridized carbons (Fsp3) is 0.629. The first-order valence-corrected chi connectivity index (χ1v) is 19.7. The molecule has 3 saturated heterocycles. The lowest BCUT2D eigenvalue weighted by molar-refractivity contribution is -0.149. The van der Waals surface area contributed by atoms with Crippen molar-refractivity contribution in [1.82, 2.24) is 4.90 Å². The van der Waals surface area contributed by atoms with E-state index in [4.69, 9.17) is 4.74 Å². The molecule has 3 fully saturated rings. The number of aliphatic hydroxyl groups is 1. The Hall–Kier alpha value is -2.79. The van der Waals surface area contributed by atoms with Crippen LogP contribution in [0.4, 0.5) is 11.4 Å². The third-order valence-corrected chi connectivity index (χ3v) is 12.9. The van der Waals surface area contributed by atoms with Crippen molar-refractivity contribution in [1.29, 1.82) is 0 Å². The number of amides is 3. The number of allylic oxidation sites excluding steroid dienone is 3. The largest absolute Gasteiger partial charge is 0.432 e. The monoisotopic (exact) mass is 637 g/mol. The minimum atomic E-state index is -2.96. The minimum absolute atomic E-state index is 0.0422. The van der Waals surface area contributed by atoms with E-state index in [1.165, 1.54) is 11.1 Å². The molecule has 4 heterocycles. The van der Waals surface area contributed by atoms with Gasteiger partial charge in [0.15, 0.2) is 13.9 Å². The Morgan fingerprint density at radius 3 is 2.53 bits per heavy atom. The molecule has 246 valence electrons. The molecule has 9 nitrogen and oxygen atoms in total. The summed E-state index contributed by atoms with van der Waals surface area (Å²) in [6, 6.07) is 5.57. The lowest BCUT2D eigenvalue weighted by Gasteiger charge is -2.33. The van der Waals surface area contributed by atoms with Crippen LogP contribution < -0.4 is 9.80 Å². The fourth-order valence-electron chi connectivity index (χ4n) is 8.12. The molecule has 1 aromatic rings. The molecule has 4 aliphatic heterocycles. The number of benzene rings is 1. The molecule has 1 aromatic carbocycles. The average molecular weight is 638 g/mol. The second-order valence-electron chi connectivity index (χ2n) is 14.3. The van der Waals surface area contributed by atoms with E-state index in [0.717, 1.165) is 43.5 Å². The molecule has 5 atom stereocenters. The Bertz CT molecular complexity index is 1380. The number of aliphatic hydroxyl groups excluding tert-OH is 1. The molecule has 4 aliphatic rings. The van der Waals surface area contributed by atoms with Crippen molar-refractivity contribution >= 4 is 37.4 Å². The van der Waals surface area contributed by atoms with Crippen molar-refractivity contribution < 1.29 is 29.0 Å². The molecule has 0 saturated carbocycles. The maximum Gasteiger partial charge on any atom is 0.264 e. The zero-order valence-electron chi connectivity index (χ0n) is 27.8. The van der Waals surface area contributed by atoms with E-state index in [-0.39, 0.29) is 42.3 Å². The predicted molar refractivity (Wildman–Crippen MR) is 178 cm³/mol. The number of hydrogen-bond acceptors (Lipinski definition) is 6. The summed E-state index contributed by atoms with van der Waals surface area (Å²) in [5, 5.41) is 9.86. The summed E-state index contributed by atoms with van der Waals surface area (Å²) >= 11 is 0. The maximum atomic E-state index is 14.8. The number of rotatable bonds is 10. The third-order valence-electron chi connectivity index (χ3n) is 10.4. The van der Waals surface area contributed by atoms with Gasteiger partial charge in [-0.15, -0.1) is 0 Å². The van der Waals surface area contributed by atoms with Crippen molar-refractivity contribution in [3.8, 4) is 0 Å². The summed E-state index contributed by atoms with van der Waals surface area (Å²) < 4.78 is 6.91. The predicted octanol–water partition coefficient (Wildman–Crippen LogP) is 5.02. The molecule has 2 N–H and O–H groups in total. The highest BCUT2D eigenvalue weighted by atomic mass is 28.4. The smallest absolute Gasteiger partial charge is 0.264 e. The van der Waals surface area contributed by atoms with Gasteiger partial charge < -0.3 is 29.3 Å². The van der Waals surface area contributed by atoms with E-state index in [1.54, 1.807) is 14.7 Å². The average Bonchev–Trinajstić information content (AvgIpc) is 3.73. The van der Waals surface area contributed by atoms with Crippen LogP contribution in [-0.4, -0.2) is 79.2 Å². The summed E-state index contributed by atoms with van der Waals surface area (Å²) in [6.45, 7) is 13.5. The van der Waals surface area contributed by atoms with Gasteiger partial charge in [0.1, 0.15) is 0 Å². The van der Waals surface area contributed by atoms with E-state index in [0.29, 0.717) is 31.6 Å². The van der Waals surface area contributed by atoms with Crippen LogP contribution in [0.5, 0.6) is 0 Å². The number of fused-ring (bicyclic) bond motifs is 2. The Morgan fingerprint density at radius 1 is 1.13 bits per heavy atom. The Balaban J connectivity index is 1.53. The fourth-order valence-corrected chi connectivity index (χ4v) is 10.7. The molecular weight excluding hydrogens is 586 g/mol. The quantitative estimate of drug-likeness (QED) is 0.275. The van der Waals surface area contributed by atoms with E-state index in [1.807, 2.05) is 38.2 Å². The van der Waals surface area contributed by atoms with Crippen LogP contribution in [0.15, 0.2) is 41.5 Å². The van der Waals surface area contributed by atoms with Crippen LogP contribution in [0.2, 0.25) is 18.6 Å². The van der Waals surface area contributed by atoms with Gasteiger partial charge in [0.2, 0.25) is 11.8 Å². The van der Waals surface area contributed by atoms with Crippen molar-refractivity contribution in [3.05, 3.63) is 47.1 Å². The summed E-state index contributed by atoms with van der Waals surface area (Å²) in [4.78, 5) is 58.1. The van der Waals surface area contributed by atoms with Gasteiger partial charge in [-0.2, -0.15) is 0 Å². The Labute approximate surface area is 269 Å². The summed E-state index contributed by atoms with van der Waals surface area (Å²) in [7, 11) is -2.96. The molecule has 0 bridgehead atoms. The van der Waals surface area contributed by atoms with Gasteiger partial charge in [0.25, 0.3) is 5.91 Å². The minimum Gasteiger partial charge on any atom is -0.432 e. The molecule has 0 radical (unpaired) electrons. The van der Waals surface area contributed by atoms with Gasteiger partial charge in [-0.1, -0.05) is 30.2 Å². The van der Waals surface area contributed by atoms with E-state index in [2.05, 4.69) is 32.9 Å². The van der Waals surface area contributed by atoms with Crippen LogP contribution in [-0.2, 0) is 24.7 Å². The zero-order valence-corrected chi connectivity index (χ0v) is 28.8. The molecule has 45 heavy (non-hydrogen) atoms. The number of carbonyl (C=O) groups excluding carboxylic acids is 3. The standard InChI is InChI=1S/C35H51N3O6Si/c1-23(2)10-7-11-24(3)16-19-38-29-15-14-26(36-18-9-13-31(36)40)20-28(29)35(34(38)42)25(4)33(45(5,6)43)30(44-35)21-32(41)37-17-8-12-27(37)22-39/h10,14-16,20,25,27,30,33,39,43H,7-9,11-13,17-19,21-22H2,1-6H3/b24-16+/t25-,27-,30+,33-,35+/m0/s1. The van der Waals surface area contributed by atoms with Gasteiger partial charge in [0.05, 0.1) is 30.9 Å². The number of hydrogen-bond donors (Lipinski definition) is 2. The highest BCUT2D eigenvalue weighted by molar-refractivity contribution is 6.71. The van der Waals surface area contributed by atoms with Gasteiger partial charge >= 0.3 is 0 Å². The lowest BCUT2D eigenvalue weighted by atomic mass is 9.82. The first kappa shape index (κ1) is 33.6. The second-order valence-corrected chi connectivity index (χ2v) is 18.2. The first-order valence-electron chi connectivity index (χ1n) is 16.7. The molecule has 1 spiro atoms. The molecule has 0 aliphatic carbocycles. The number of likely N-dealkylation sites (tertiary alicyclic amines) is 1. The topological polar surface area (TPSA) is 111 Å². The zero-order chi connectivity index (χ0) is 32.7. The molecular formula is C35H51N3O6Si.